The van der Waals surface area contributed by atoms with E-state index >= 15 is 0 Å². The third kappa shape index (κ3) is 2.22. The van der Waals surface area contributed by atoms with Crippen molar-refractivity contribution in [3.05, 3.63) is 0 Å². The monoisotopic (exact) mass is 170 g/mol. The number of hydrogen-bond donors (Lipinski definition) is 1. The second-order valence-electron chi connectivity index (χ2n) is 5.49. The van der Waals surface area contributed by atoms with Crippen molar-refractivity contribution in [2.45, 2.75) is 59.0 Å². The van der Waals surface area contributed by atoms with Crippen LogP contribution in [-0.4, -0.2) is 10.7 Å². The molecule has 0 bridgehead atoms. The summed E-state index contributed by atoms with van der Waals surface area (Å²) in [5, 5.41) is 10.2. The first-order valence-electron chi connectivity index (χ1n) is 5.06. The van der Waals surface area contributed by atoms with E-state index in [-0.39, 0.29) is 0 Å². The van der Waals surface area contributed by atoms with Crippen LogP contribution in [0.1, 0.15) is 53.4 Å². The minimum absolute atomic E-state index is 0.328. The maximum absolute atomic E-state index is 10.2. The van der Waals surface area contributed by atoms with Crippen LogP contribution in [0.3, 0.4) is 0 Å². The third-order valence-electron chi connectivity index (χ3n) is 3.39. The molecule has 0 radical (unpaired) electrons. The van der Waals surface area contributed by atoms with Gasteiger partial charge in [0.15, 0.2) is 0 Å². The van der Waals surface area contributed by atoms with E-state index in [1.807, 2.05) is 6.92 Å². The van der Waals surface area contributed by atoms with Crippen LogP contribution in [0.4, 0.5) is 0 Å². The summed E-state index contributed by atoms with van der Waals surface area (Å²) in [5.41, 5.74) is -0.117. The van der Waals surface area contributed by atoms with Crippen molar-refractivity contribution in [1.29, 1.82) is 0 Å². The molecule has 0 aromatic rings. The van der Waals surface area contributed by atoms with E-state index in [0.717, 1.165) is 6.42 Å². The Kier molecular flexibility index (Phi) is 2.53. The summed E-state index contributed by atoms with van der Waals surface area (Å²) in [6, 6.07) is 0. The SMILES string of the molecule is CC1CCCC(C)(C)CC1(C)O. The molecule has 0 aliphatic heterocycles. The van der Waals surface area contributed by atoms with Crippen molar-refractivity contribution in [2.75, 3.05) is 0 Å². The molecule has 0 aromatic carbocycles. The highest BCUT2D eigenvalue weighted by atomic mass is 16.3. The van der Waals surface area contributed by atoms with E-state index in [9.17, 15) is 5.11 Å². The molecule has 0 saturated heterocycles. The normalized spacial score (nSPS) is 42.2. The maximum atomic E-state index is 10.2. The quantitative estimate of drug-likeness (QED) is 0.554. The highest BCUT2D eigenvalue weighted by Crippen LogP contribution is 2.41. The van der Waals surface area contributed by atoms with Crippen molar-refractivity contribution in [2.24, 2.45) is 11.3 Å². The van der Waals surface area contributed by atoms with Crippen LogP contribution in [0.5, 0.6) is 0 Å². The molecule has 0 spiro atoms. The van der Waals surface area contributed by atoms with Crippen LogP contribution in [0.15, 0.2) is 0 Å². The minimum atomic E-state index is -0.444. The fraction of sp³-hybridized carbons (Fsp3) is 1.00. The van der Waals surface area contributed by atoms with Gasteiger partial charge >= 0.3 is 0 Å². The van der Waals surface area contributed by atoms with Gasteiger partial charge in [-0.15, -0.1) is 0 Å². The highest BCUT2D eigenvalue weighted by Gasteiger charge is 2.37. The lowest BCUT2D eigenvalue weighted by atomic mass is 9.77. The fourth-order valence-electron chi connectivity index (χ4n) is 2.43. The van der Waals surface area contributed by atoms with Gasteiger partial charge in [-0.3, -0.25) is 0 Å². The molecule has 1 saturated carbocycles. The Bertz CT molecular complexity index is 158. The minimum Gasteiger partial charge on any atom is -0.390 e. The zero-order chi connectivity index (χ0) is 9.41. The van der Waals surface area contributed by atoms with E-state index in [1.54, 1.807) is 0 Å². The van der Waals surface area contributed by atoms with Crippen LogP contribution in [0.25, 0.3) is 0 Å². The Hall–Kier alpha value is -0.0400. The molecule has 2 unspecified atom stereocenters. The summed E-state index contributed by atoms with van der Waals surface area (Å²) >= 11 is 0. The van der Waals surface area contributed by atoms with Crippen molar-refractivity contribution in [1.82, 2.24) is 0 Å². The topological polar surface area (TPSA) is 20.2 Å². The first-order chi connectivity index (χ1) is 5.33. The summed E-state index contributed by atoms with van der Waals surface area (Å²) in [7, 11) is 0. The molecular formula is C11H22O. The summed E-state index contributed by atoms with van der Waals surface area (Å²) in [6.45, 7) is 8.69. The zero-order valence-corrected chi connectivity index (χ0v) is 8.85. The molecule has 0 heterocycles. The maximum Gasteiger partial charge on any atom is 0.0650 e. The largest absolute Gasteiger partial charge is 0.390 e. The van der Waals surface area contributed by atoms with Gasteiger partial charge in [0.05, 0.1) is 5.60 Å². The van der Waals surface area contributed by atoms with Crippen molar-refractivity contribution in [3.8, 4) is 0 Å². The first-order valence-corrected chi connectivity index (χ1v) is 5.06. The average Bonchev–Trinajstić information content (AvgIpc) is 1.90. The highest BCUT2D eigenvalue weighted by molar-refractivity contribution is 4.89. The van der Waals surface area contributed by atoms with Gasteiger partial charge in [0, 0.05) is 0 Å². The second kappa shape index (κ2) is 3.02. The van der Waals surface area contributed by atoms with Crippen LogP contribution < -0.4 is 0 Å². The lowest BCUT2D eigenvalue weighted by Gasteiger charge is -2.34. The van der Waals surface area contributed by atoms with Crippen molar-refractivity contribution < 1.29 is 5.11 Å². The van der Waals surface area contributed by atoms with Crippen molar-refractivity contribution in [3.63, 3.8) is 0 Å². The number of aliphatic hydroxyl groups is 1. The molecule has 1 rings (SSSR count). The van der Waals surface area contributed by atoms with E-state index < -0.39 is 5.60 Å². The van der Waals surface area contributed by atoms with Gasteiger partial charge in [0.1, 0.15) is 0 Å². The van der Waals surface area contributed by atoms with Crippen LogP contribution in [-0.2, 0) is 0 Å². The summed E-state index contributed by atoms with van der Waals surface area (Å²) < 4.78 is 0. The summed E-state index contributed by atoms with van der Waals surface area (Å²) in [6.07, 6.45) is 4.65. The van der Waals surface area contributed by atoms with Crippen LogP contribution in [0, 0.1) is 11.3 Å². The molecule has 1 aliphatic carbocycles. The number of rotatable bonds is 0. The molecule has 1 fully saturated rings. The van der Waals surface area contributed by atoms with Gasteiger partial charge in [0.2, 0.25) is 0 Å². The van der Waals surface area contributed by atoms with Gasteiger partial charge in [-0.25, -0.2) is 0 Å². The van der Waals surface area contributed by atoms with E-state index in [2.05, 4.69) is 20.8 Å². The molecular weight excluding hydrogens is 148 g/mol. The Morgan fingerprint density at radius 2 is 1.83 bits per heavy atom. The van der Waals surface area contributed by atoms with E-state index in [1.165, 1.54) is 19.3 Å². The Balaban J connectivity index is 2.73. The molecule has 2 atom stereocenters. The zero-order valence-electron chi connectivity index (χ0n) is 8.85. The smallest absolute Gasteiger partial charge is 0.0650 e. The standard InChI is InChI=1S/C11H22O/c1-9-6-5-7-10(2,3)8-11(9,4)12/h9,12H,5-8H2,1-4H3. The third-order valence-corrected chi connectivity index (χ3v) is 3.39. The Morgan fingerprint density at radius 1 is 1.25 bits per heavy atom. The van der Waals surface area contributed by atoms with Gasteiger partial charge in [-0.2, -0.15) is 0 Å². The van der Waals surface area contributed by atoms with Gasteiger partial charge in [0.25, 0.3) is 0 Å². The van der Waals surface area contributed by atoms with E-state index in [0.29, 0.717) is 11.3 Å². The number of hydrogen-bond acceptors (Lipinski definition) is 1. The molecule has 0 aromatic heterocycles. The predicted octanol–water partition coefficient (Wildman–Crippen LogP) is 2.97. The Labute approximate surface area is 76.2 Å². The van der Waals surface area contributed by atoms with Gasteiger partial charge in [-0.1, -0.05) is 27.2 Å². The summed E-state index contributed by atoms with van der Waals surface area (Å²) in [4.78, 5) is 0. The first kappa shape index (κ1) is 10.0. The molecule has 1 N–H and O–H groups in total. The van der Waals surface area contributed by atoms with Gasteiger partial charge in [-0.05, 0) is 37.5 Å². The molecule has 72 valence electrons. The molecule has 1 nitrogen and oxygen atoms in total. The van der Waals surface area contributed by atoms with E-state index in [4.69, 9.17) is 0 Å². The van der Waals surface area contributed by atoms with Crippen LogP contribution >= 0.6 is 0 Å². The summed E-state index contributed by atoms with van der Waals surface area (Å²) in [5.74, 6) is 0.458. The molecule has 1 heteroatoms. The lowest BCUT2D eigenvalue weighted by Crippen LogP contribution is -2.35. The average molecular weight is 170 g/mol. The lowest BCUT2D eigenvalue weighted by molar-refractivity contribution is -0.0220. The fourth-order valence-corrected chi connectivity index (χ4v) is 2.43. The van der Waals surface area contributed by atoms with Gasteiger partial charge < -0.3 is 5.11 Å². The predicted molar refractivity (Wildman–Crippen MR) is 52.0 cm³/mol. The van der Waals surface area contributed by atoms with Crippen LogP contribution in [0.2, 0.25) is 0 Å². The molecule has 0 amide bonds. The molecule has 12 heavy (non-hydrogen) atoms. The molecule has 1 aliphatic rings. The second-order valence-corrected chi connectivity index (χ2v) is 5.49. The van der Waals surface area contributed by atoms with Crippen molar-refractivity contribution >= 4 is 0 Å². The Morgan fingerprint density at radius 3 is 2.42 bits per heavy atom.